The van der Waals surface area contributed by atoms with E-state index in [1.54, 1.807) is 10.7 Å². The third kappa shape index (κ3) is 3.72. The third-order valence-corrected chi connectivity index (χ3v) is 3.63. The Morgan fingerprint density at radius 2 is 2.10 bits per heavy atom. The van der Waals surface area contributed by atoms with Gasteiger partial charge in [-0.2, -0.15) is 5.10 Å². The molecule has 0 saturated carbocycles. The van der Waals surface area contributed by atoms with Crippen LogP contribution in [0.25, 0.3) is 0 Å². The van der Waals surface area contributed by atoms with Gasteiger partial charge in [-0.15, -0.1) is 0 Å². The molecule has 2 aromatic rings. The summed E-state index contributed by atoms with van der Waals surface area (Å²) in [5.41, 5.74) is 7.58. The van der Waals surface area contributed by atoms with E-state index >= 15 is 0 Å². The van der Waals surface area contributed by atoms with Crippen molar-refractivity contribution in [1.82, 2.24) is 9.78 Å². The lowest BCUT2D eigenvalue weighted by Crippen LogP contribution is -2.13. The summed E-state index contributed by atoms with van der Waals surface area (Å²) in [7, 11) is -1.90. The van der Waals surface area contributed by atoms with Gasteiger partial charge in [0.1, 0.15) is 0 Å². The maximum atomic E-state index is 11.3. The highest BCUT2D eigenvalue weighted by Crippen LogP contribution is 2.19. The second-order valence-electron chi connectivity index (χ2n) is 4.49. The predicted molar refractivity (Wildman–Crippen MR) is 77.6 cm³/mol. The Hall–Kier alpha value is -2.06. The monoisotopic (exact) mass is 295 g/mol. The molecule has 1 heterocycles. The molecular weight excluding hydrogens is 278 g/mol. The van der Waals surface area contributed by atoms with Gasteiger partial charge in [-0.05, 0) is 24.3 Å². The highest BCUT2D eigenvalue weighted by atomic mass is 32.2. The van der Waals surface area contributed by atoms with Gasteiger partial charge in [0.15, 0.2) is 0 Å². The molecule has 0 spiro atoms. The Balaban J connectivity index is 2.04. The zero-order valence-corrected chi connectivity index (χ0v) is 11.9. The van der Waals surface area contributed by atoms with Gasteiger partial charge in [-0.1, -0.05) is 0 Å². The second kappa shape index (κ2) is 5.51. The molecule has 0 aliphatic carbocycles. The lowest BCUT2D eigenvalue weighted by molar-refractivity contribution is 0.598. The fraction of sp³-hybridized carbons (Fsp3) is 0.250. The number of anilines is 2. The summed E-state index contributed by atoms with van der Waals surface area (Å²) >= 11 is 0. The lowest BCUT2D eigenvalue weighted by Gasteiger charge is -2.08. The Morgan fingerprint density at radius 3 is 2.70 bits per heavy atom. The number of aryl methyl sites for hydroxylation is 1. The maximum absolute atomic E-state index is 11.3. The summed E-state index contributed by atoms with van der Waals surface area (Å²) in [5, 5.41) is 12.5. The van der Waals surface area contributed by atoms with Crippen LogP contribution in [0.3, 0.4) is 0 Å². The van der Waals surface area contributed by atoms with Crippen LogP contribution >= 0.6 is 0 Å². The Kier molecular flexibility index (Phi) is 3.96. The van der Waals surface area contributed by atoms with Crippen molar-refractivity contribution in [3.05, 3.63) is 36.2 Å². The van der Waals surface area contributed by atoms with Crippen LogP contribution in [0.1, 0.15) is 5.69 Å². The van der Waals surface area contributed by atoms with Crippen molar-refractivity contribution in [3.8, 4) is 0 Å². The maximum Gasteiger partial charge on any atom is 0.238 e. The summed E-state index contributed by atoms with van der Waals surface area (Å²) < 4.78 is 24.4. The topological polar surface area (TPSA) is 116 Å². The molecule has 108 valence electrons. The Labute approximate surface area is 117 Å². The van der Waals surface area contributed by atoms with Gasteiger partial charge in [0.05, 0.1) is 10.6 Å². The molecule has 0 bridgehead atoms. The summed E-state index contributed by atoms with van der Waals surface area (Å²) in [6.45, 7) is 0.616. The van der Waals surface area contributed by atoms with Crippen LogP contribution in [-0.2, 0) is 23.5 Å². The molecule has 1 aromatic heterocycles. The van der Waals surface area contributed by atoms with E-state index in [4.69, 9.17) is 10.9 Å². The highest BCUT2D eigenvalue weighted by Gasteiger charge is 2.09. The minimum Gasteiger partial charge on any atom is -0.399 e. The molecule has 20 heavy (non-hydrogen) atoms. The molecule has 2 rings (SSSR count). The number of aromatic nitrogens is 2. The molecule has 0 saturated heterocycles. The number of sulfonamides is 1. The molecular formula is C12H17N5O2S. The minimum atomic E-state index is -3.76. The molecule has 1 aromatic carbocycles. The fourth-order valence-electron chi connectivity index (χ4n) is 1.82. The highest BCUT2D eigenvalue weighted by molar-refractivity contribution is 7.89. The molecule has 8 heteroatoms. The van der Waals surface area contributed by atoms with E-state index in [0.29, 0.717) is 17.9 Å². The molecule has 0 aliphatic heterocycles. The first-order valence-corrected chi connectivity index (χ1v) is 7.55. The molecule has 0 amide bonds. The summed E-state index contributed by atoms with van der Waals surface area (Å²) in [6.07, 6.45) is 2.59. The number of benzene rings is 1. The number of nitrogens with zero attached hydrogens (tertiary/aromatic N) is 2. The van der Waals surface area contributed by atoms with Gasteiger partial charge in [0.25, 0.3) is 0 Å². The molecule has 7 nitrogen and oxygen atoms in total. The van der Waals surface area contributed by atoms with Gasteiger partial charge in [-0.25, -0.2) is 13.6 Å². The SMILES string of the molecule is Cn1ccc(CCNc2cc(N)cc(S(N)(=O)=O)c2)n1. The summed E-state index contributed by atoms with van der Waals surface area (Å²) in [4.78, 5) is -0.00200. The smallest absolute Gasteiger partial charge is 0.238 e. The molecule has 5 N–H and O–H groups in total. The zero-order valence-electron chi connectivity index (χ0n) is 11.1. The van der Waals surface area contributed by atoms with Gasteiger partial charge in [0.2, 0.25) is 10.0 Å². The first-order valence-electron chi connectivity index (χ1n) is 6.00. The molecule has 0 radical (unpaired) electrons. The Bertz CT molecular complexity index is 708. The summed E-state index contributed by atoms with van der Waals surface area (Å²) in [5.74, 6) is 0. The van der Waals surface area contributed by atoms with E-state index in [2.05, 4.69) is 10.4 Å². The summed E-state index contributed by atoms with van der Waals surface area (Å²) in [6, 6.07) is 6.38. The van der Waals surface area contributed by atoms with E-state index in [1.165, 1.54) is 12.1 Å². The van der Waals surface area contributed by atoms with Crippen LogP contribution in [-0.4, -0.2) is 24.7 Å². The second-order valence-corrected chi connectivity index (χ2v) is 6.05. The number of hydrogen-bond donors (Lipinski definition) is 3. The number of nitrogens with two attached hydrogens (primary N) is 2. The van der Waals surface area contributed by atoms with Crippen molar-refractivity contribution >= 4 is 21.4 Å². The lowest BCUT2D eigenvalue weighted by atomic mass is 10.2. The fourth-order valence-corrected chi connectivity index (χ4v) is 2.41. The van der Waals surface area contributed by atoms with Crippen molar-refractivity contribution in [1.29, 1.82) is 0 Å². The van der Waals surface area contributed by atoms with E-state index in [-0.39, 0.29) is 4.90 Å². The standard InChI is InChI=1S/C12H17N5O2S/c1-17-5-3-10(16-17)2-4-15-11-6-9(13)7-12(8-11)20(14,18)19/h3,5-8,15H,2,4,13H2,1H3,(H2,14,18,19). The number of nitrogens with one attached hydrogen (secondary N) is 1. The van der Waals surface area contributed by atoms with E-state index in [0.717, 1.165) is 12.1 Å². The molecule has 0 atom stereocenters. The first kappa shape index (κ1) is 14.4. The van der Waals surface area contributed by atoms with Crippen LogP contribution in [0, 0.1) is 0 Å². The van der Waals surface area contributed by atoms with Crippen molar-refractivity contribution in [2.75, 3.05) is 17.6 Å². The van der Waals surface area contributed by atoms with Crippen molar-refractivity contribution in [2.24, 2.45) is 12.2 Å². The van der Waals surface area contributed by atoms with Crippen LogP contribution in [0.15, 0.2) is 35.4 Å². The minimum absolute atomic E-state index is 0.00200. The van der Waals surface area contributed by atoms with Gasteiger partial charge in [-0.3, -0.25) is 4.68 Å². The number of primary sulfonamides is 1. The van der Waals surface area contributed by atoms with E-state index < -0.39 is 10.0 Å². The van der Waals surface area contributed by atoms with Crippen molar-refractivity contribution in [3.63, 3.8) is 0 Å². The third-order valence-electron chi connectivity index (χ3n) is 2.74. The number of nitrogen functional groups attached to an aromatic ring is 1. The first-order chi connectivity index (χ1) is 9.34. The van der Waals surface area contributed by atoms with Crippen LogP contribution in [0.4, 0.5) is 11.4 Å². The van der Waals surface area contributed by atoms with Gasteiger partial charge < -0.3 is 11.1 Å². The predicted octanol–water partition coefficient (Wildman–Crippen LogP) is 0.304. The van der Waals surface area contributed by atoms with E-state index in [9.17, 15) is 8.42 Å². The average Bonchev–Trinajstić information content (AvgIpc) is 2.73. The zero-order chi connectivity index (χ0) is 14.8. The van der Waals surface area contributed by atoms with Crippen LogP contribution < -0.4 is 16.2 Å². The average molecular weight is 295 g/mol. The number of rotatable bonds is 5. The van der Waals surface area contributed by atoms with Gasteiger partial charge in [0, 0.05) is 37.6 Å². The number of hydrogen-bond acceptors (Lipinski definition) is 5. The normalized spacial score (nSPS) is 11.5. The molecule has 0 aliphatic rings. The molecule has 0 unspecified atom stereocenters. The Morgan fingerprint density at radius 1 is 1.35 bits per heavy atom. The van der Waals surface area contributed by atoms with Crippen molar-refractivity contribution < 1.29 is 8.42 Å². The quantitative estimate of drug-likeness (QED) is 0.686. The van der Waals surface area contributed by atoms with Crippen LogP contribution in [0.2, 0.25) is 0 Å². The van der Waals surface area contributed by atoms with Crippen LogP contribution in [0.5, 0.6) is 0 Å². The largest absolute Gasteiger partial charge is 0.399 e. The van der Waals surface area contributed by atoms with E-state index in [1.807, 2.05) is 19.3 Å². The van der Waals surface area contributed by atoms with Gasteiger partial charge >= 0.3 is 0 Å². The molecule has 0 fully saturated rings. The van der Waals surface area contributed by atoms with Crippen molar-refractivity contribution in [2.45, 2.75) is 11.3 Å².